The first-order valence-electron chi connectivity index (χ1n) is 10.6. The summed E-state index contributed by atoms with van der Waals surface area (Å²) >= 11 is 6.06. The molecule has 1 atom stereocenters. The number of aryl methyl sites for hydroxylation is 1. The van der Waals surface area contributed by atoms with Crippen LogP contribution in [0.1, 0.15) is 35.7 Å². The van der Waals surface area contributed by atoms with Crippen LogP contribution < -0.4 is 15.4 Å². The Hall–Kier alpha value is -3.32. The van der Waals surface area contributed by atoms with Crippen LogP contribution in [0.5, 0.6) is 5.88 Å². The highest BCUT2D eigenvalue weighted by Gasteiger charge is 2.16. The van der Waals surface area contributed by atoms with Crippen molar-refractivity contribution >= 4 is 29.1 Å². The number of fused-ring (bicyclic) bond motifs is 1. The van der Waals surface area contributed by atoms with Crippen molar-refractivity contribution in [3.63, 3.8) is 0 Å². The van der Waals surface area contributed by atoms with Crippen molar-refractivity contribution < 1.29 is 14.6 Å². The van der Waals surface area contributed by atoms with E-state index in [4.69, 9.17) is 16.3 Å². The number of carboxylic acids is 1. The first kappa shape index (κ1) is 21.9. The second-order valence-corrected chi connectivity index (χ2v) is 8.11. The predicted octanol–water partition coefficient (Wildman–Crippen LogP) is 4.74. The number of hydrogen-bond donors (Lipinski definition) is 3. The maximum absolute atomic E-state index is 11.3. The SMILES string of the molecule is O=C(O)CC(Nc1ccc(OCCc2ccc3c(n2)NCCC3)nc1)c1cccc(Cl)c1. The average Bonchev–Trinajstić information content (AvgIpc) is 2.79. The number of hydrogen-bond acceptors (Lipinski definition) is 6. The molecule has 32 heavy (non-hydrogen) atoms. The van der Waals surface area contributed by atoms with Crippen LogP contribution in [-0.4, -0.2) is 34.2 Å². The number of carbonyl (C=O) groups is 1. The Morgan fingerprint density at radius 3 is 2.94 bits per heavy atom. The van der Waals surface area contributed by atoms with E-state index in [2.05, 4.69) is 26.7 Å². The van der Waals surface area contributed by atoms with E-state index in [1.54, 1.807) is 30.5 Å². The van der Waals surface area contributed by atoms with Gasteiger partial charge in [0.05, 0.1) is 31.0 Å². The van der Waals surface area contributed by atoms with E-state index in [0.29, 0.717) is 29.6 Å². The lowest BCUT2D eigenvalue weighted by Gasteiger charge is -2.19. The number of nitrogens with one attached hydrogen (secondary N) is 2. The molecule has 0 saturated carbocycles. The van der Waals surface area contributed by atoms with Crippen molar-refractivity contribution in [1.29, 1.82) is 0 Å². The van der Waals surface area contributed by atoms with Crippen molar-refractivity contribution in [2.24, 2.45) is 0 Å². The molecule has 0 saturated heterocycles. The zero-order valence-corrected chi connectivity index (χ0v) is 18.3. The molecule has 2 aromatic heterocycles. The number of halogens is 1. The largest absolute Gasteiger partial charge is 0.481 e. The third-order valence-electron chi connectivity index (χ3n) is 5.27. The Bertz CT molecular complexity index is 1080. The molecule has 0 aliphatic carbocycles. The van der Waals surface area contributed by atoms with Gasteiger partial charge in [-0.25, -0.2) is 9.97 Å². The Balaban J connectivity index is 1.33. The van der Waals surface area contributed by atoms with Crippen LogP contribution in [0.15, 0.2) is 54.7 Å². The van der Waals surface area contributed by atoms with E-state index in [9.17, 15) is 9.90 Å². The fourth-order valence-corrected chi connectivity index (χ4v) is 3.87. The van der Waals surface area contributed by atoms with Crippen LogP contribution in [-0.2, 0) is 17.6 Å². The molecule has 166 valence electrons. The molecule has 1 aliphatic rings. The van der Waals surface area contributed by atoms with E-state index in [0.717, 1.165) is 36.5 Å². The summed E-state index contributed by atoms with van der Waals surface area (Å²) < 4.78 is 5.77. The molecule has 8 heteroatoms. The molecular formula is C24H25ClN4O3. The van der Waals surface area contributed by atoms with Gasteiger partial charge in [0.15, 0.2) is 0 Å². The van der Waals surface area contributed by atoms with E-state index >= 15 is 0 Å². The molecule has 0 bridgehead atoms. The number of anilines is 2. The number of benzene rings is 1. The van der Waals surface area contributed by atoms with Crippen LogP contribution >= 0.6 is 11.6 Å². The zero-order valence-electron chi connectivity index (χ0n) is 17.6. The molecule has 3 heterocycles. The summed E-state index contributed by atoms with van der Waals surface area (Å²) in [5, 5.41) is 16.4. The second kappa shape index (κ2) is 10.3. The number of aromatic nitrogens is 2. The third-order valence-corrected chi connectivity index (χ3v) is 5.50. The Labute approximate surface area is 191 Å². The number of aliphatic carboxylic acids is 1. The minimum atomic E-state index is -0.902. The van der Waals surface area contributed by atoms with E-state index in [-0.39, 0.29) is 6.42 Å². The van der Waals surface area contributed by atoms with Crippen LogP contribution in [0.4, 0.5) is 11.5 Å². The van der Waals surface area contributed by atoms with Crippen LogP contribution in [0.2, 0.25) is 5.02 Å². The number of carboxylic acid groups (broad SMARTS) is 1. The monoisotopic (exact) mass is 452 g/mol. The Morgan fingerprint density at radius 1 is 1.25 bits per heavy atom. The topological polar surface area (TPSA) is 96.4 Å². The molecule has 1 aromatic carbocycles. The van der Waals surface area contributed by atoms with Gasteiger partial charge in [-0.3, -0.25) is 4.79 Å². The van der Waals surface area contributed by atoms with E-state index in [1.807, 2.05) is 18.2 Å². The fourth-order valence-electron chi connectivity index (χ4n) is 3.67. The van der Waals surface area contributed by atoms with Crippen molar-refractivity contribution in [2.75, 3.05) is 23.8 Å². The number of ether oxygens (including phenoxy) is 1. The molecule has 3 aromatic rings. The lowest BCUT2D eigenvalue weighted by molar-refractivity contribution is -0.137. The van der Waals surface area contributed by atoms with Crippen molar-refractivity contribution in [1.82, 2.24) is 9.97 Å². The highest BCUT2D eigenvalue weighted by atomic mass is 35.5. The molecular weight excluding hydrogens is 428 g/mol. The van der Waals surface area contributed by atoms with Gasteiger partial charge in [0.25, 0.3) is 0 Å². The molecule has 0 radical (unpaired) electrons. The number of pyridine rings is 2. The first-order valence-corrected chi connectivity index (χ1v) is 11.0. The van der Waals surface area contributed by atoms with Gasteiger partial charge in [0.1, 0.15) is 5.82 Å². The summed E-state index contributed by atoms with van der Waals surface area (Å²) in [5.41, 5.74) is 3.75. The second-order valence-electron chi connectivity index (χ2n) is 7.67. The molecule has 1 aliphatic heterocycles. The van der Waals surface area contributed by atoms with Crippen molar-refractivity contribution in [3.8, 4) is 5.88 Å². The summed E-state index contributed by atoms with van der Waals surface area (Å²) in [4.78, 5) is 20.3. The number of rotatable bonds is 9. The maximum Gasteiger partial charge on any atom is 0.305 e. The molecule has 3 N–H and O–H groups in total. The minimum Gasteiger partial charge on any atom is -0.481 e. The number of nitrogens with zero attached hydrogens (tertiary/aromatic N) is 2. The van der Waals surface area contributed by atoms with Gasteiger partial charge in [-0.15, -0.1) is 0 Å². The summed E-state index contributed by atoms with van der Waals surface area (Å²) in [6.07, 6.45) is 4.45. The van der Waals surface area contributed by atoms with Gasteiger partial charge in [-0.2, -0.15) is 0 Å². The van der Waals surface area contributed by atoms with Gasteiger partial charge in [-0.05, 0) is 48.2 Å². The highest BCUT2D eigenvalue weighted by molar-refractivity contribution is 6.30. The standard InChI is InChI=1S/C24H25ClN4O3/c25-18-5-1-3-17(13-18)21(14-23(30)31)28-20-8-9-22(27-15-20)32-12-10-19-7-6-16-4-2-11-26-24(16)29-19/h1,3,5-9,13,15,21,28H,2,4,10-12,14H2,(H,26,29)(H,30,31). The van der Waals surface area contributed by atoms with Crippen LogP contribution in [0.25, 0.3) is 0 Å². The van der Waals surface area contributed by atoms with Crippen molar-refractivity contribution in [2.45, 2.75) is 31.7 Å². The van der Waals surface area contributed by atoms with Gasteiger partial charge in [0.2, 0.25) is 5.88 Å². The summed E-state index contributed by atoms with van der Waals surface area (Å²) in [6, 6.07) is 14.5. The summed E-state index contributed by atoms with van der Waals surface area (Å²) in [6.45, 7) is 1.44. The van der Waals surface area contributed by atoms with E-state index < -0.39 is 12.0 Å². The summed E-state index contributed by atoms with van der Waals surface area (Å²) in [7, 11) is 0. The quantitative estimate of drug-likeness (QED) is 0.431. The predicted molar refractivity (Wildman–Crippen MR) is 125 cm³/mol. The molecule has 0 spiro atoms. The normalized spacial score (nSPS) is 13.5. The van der Waals surface area contributed by atoms with E-state index in [1.165, 1.54) is 5.56 Å². The molecule has 0 fully saturated rings. The minimum absolute atomic E-state index is 0.0821. The fraction of sp³-hybridized carbons (Fsp3) is 0.292. The van der Waals surface area contributed by atoms with Gasteiger partial charge >= 0.3 is 5.97 Å². The van der Waals surface area contributed by atoms with Crippen molar-refractivity contribution in [3.05, 3.63) is 76.6 Å². The van der Waals surface area contributed by atoms with Gasteiger partial charge < -0.3 is 20.5 Å². The molecule has 1 unspecified atom stereocenters. The van der Waals surface area contributed by atoms with Gasteiger partial charge in [0, 0.05) is 29.7 Å². The molecule has 4 rings (SSSR count). The lowest BCUT2D eigenvalue weighted by Crippen LogP contribution is -2.15. The maximum atomic E-state index is 11.3. The average molecular weight is 453 g/mol. The Kier molecular flexibility index (Phi) is 7.07. The lowest BCUT2D eigenvalue weighted by atomic mass is 10.0. The van der Waals surface area contributed by atoms with Crippen LogP contribution in [0, 0.1) is 0 Å². The highest BCUT2D eigenvalue weighted by Crippen LogP contribution is 2.25. The van der Waals surface area contributed by atoms with Gasteiger partial charge in [-0.1, -0.05) is 29.8 Å². The third kappa shape index (κ3) is 5.88. The summed E-state index contributed by atoms with van der Waals surface area (Å²) in [5.74, 6) is 0.587. The first-order chi connectivity index (χ1) is 15.6. The molecule has 0 amide bonds. The molecule has 7 nitrogen and oxygen atoms in total. The van der Waals surface area contributed by atoms with Crippen LogP contribution in [0.3, 0.4) is 0 Å². The zero-order chi connectivity index (χ0) is 22.3. The Morgan fingerprint density at radius 2 is 2.16 bits per heavy atom. The smallest absolute Gasteiger partial charge is 0.305 e.